The minimum Gasteiger partial charge on any atom is -0.494 e. The Bertz CT molecular complexity index is 421. The Morgan fingerprint density at radius 2 is 2.05 bits per heavy atom. The van der Waals surface area contributed by atoms with E-state index >= 15 is 0 Å². The van der Waals surface area contributed by atoms with Crippen LogP contribution in [0.15, 0.2) is 18.2 Å². The molecular weight excluding hydrogens is 244 g/mol. The van der Waals surface area contributed by atoms with Crippen LogP contribution >= 0.6 is 0 Å². The number of anilines is 1. The van der Waals surface area contributed by atoms with Crippen LogP contribution in [0.25, 0.3) is 0 Å². The predicted molar refractivity (Wildman–Crippen MR) is 77.1 cm³/mol. The standard InChI is InChI=1S/C14H22N2O3/c1-4-5-6-7-10-15(2)13-9-8-12(16(17)18)11-14(13)19-3/h8-9,11H,4-7,10H2,1-3H3. The Morgan fingerprint density at radius 1 is 1.32 bits per heavy atom. The molecule has 0 bridgehead atoms. The molecule has 1 aromatic rings. The molecule has 0 aliphatic carbocycles. The number of nitrogens with zero attached hydrogens (tertiary/aromatic N) is 2. The van der Waals surface area contributed by atoms with E-state index < -0.39 is 4.92 Å². The van der Waals surface area contributed by atoms with Gasteiger partial charge in [0.15, 0.2) is 0 Å². The number of benzene rings is 1. The SMILES string of the molecule is CCCCCCN(C)c1ccc([N+](=O)[O-])cc1OC. The summed E-state index contributed by atoms with van der Waals surface area (Å²) < 4.78 is 5.24. The Kier molecular flexibility index (Phi) is 6.12. The average Bonchev–Trinajstić information content (AvgIpc) is 2.42. The molecule has 1 aromatic carbocycles. The topological polar surface area (TPSA) is 55.6 Å². The van der Waals surface area contributed by atoms with Crippen molar-refractivity contribution in [2.45, 2.75) is 32.6 Å². The van der Waals surface area contributed by atoms with Crippen LogP contribution in [0.1, 0.15) is 32.6 Å². The van der Waals surface area contributed by atoms with Crippen LogP contribution in [-0.4, -0.2) is 25.6 Å². The quantitative estimate of drug-likeness (QED) is 0.409. The van der Waals surface area contributed by atoms with Gasteiger partial charge in [0.1, 0.15) is 5.75 Å². The van der Waals surface area contributed by atoms with E-state index in [-0.39, 0.29) is 5.69 Å². The summed E-state index contributed by atoms with van der Waals surface area (Å²) in [4.78, 5) is 12.4. The highest BCUT2D eigenvalue weighted by molar-refractivity contribution is 5.62. The number of rotatable bonds is 8. The van der Waals surface area contributed by atoms with Crippen molar-refractivity contribution in [3.05, 3.63) is 28.3 Å². The molecule has 0 amide bonds. The first-order valence-electron chi connectivity index (χ1n) is 6.63. The summed E-state index contributed by atoms with van der Waals surface area (Å²) in [5, 5.41) is 10.7. The van der Waals surface area contributed by atoms with Crippen LogP contribution in [-0.2, 0) is 0 Å². The average molecular weight is 266 g/mol. The van der Waals surface area contributed by atoms with Gasteiger partial charge in [-0.3, -0.25) is 10.1 Å². The van der Waals surface area contributed by atoms with Crippen LogP contribution in [0.3, 0.4) is 0 Å². The predicted octanol–water partition coefficient (Wildman–Crippen LogP) is 3.62. The zero-order valence-corrected chi connectivity index (χ0v) is 11.9. The van der Waals surface area contributed by atoms with Gasteiger partial charge < -0.3 is 9.64 Å². The zero-order valence-electron chi connectivity index (χ0n) is 11.9. The number of unbranched alkanes of at least 4 members (excludes halogenated alkanes) is 3. The van der Waals surface area contributed by atoms with E-state index in [1.54, 1.807) is 6.07 Å². The van der Waals surface area contributed by atoms with Gasteiger partial charge in [-0.05, 0) is 12.5 Å². The summed E-state index contributed by atoms with van der Waals surface area (Å²) in [6.45, 7) is 3.11. The molecule has 0 atom stereocenters. The van der Waals surface area contributed by atoms with Crippen molar-refractivity contribution in [2.75, 3.05) is 25.6 Å². The second-order valence-electron chi connectivity index (χ2n) is 4.60. The van der Waals surface area contributed by atoms with E-state index in [1.165, 1.54) is 38.5 Å². The molecular formula is C14H22N2O3. The fourth-order valence-corrected chi connectivity index (χ4v) is 1.99. The van der Waals surface area contributed by atoms with Gasteiger partial charge in [0.2, 0.25) is 0 Å². The Balaban J connectivity index is 2.73. The van der Waals surface area contributed by atoms with E-state index in [0.717, 1.165) is 18.7 Å². The summed E-state index contributed by atoms with van der Waals surface area (Å²) in [6.07, 6.45) is 4.77. The third-order valence-electron chi connectivity index (χ3n) is 3.13. The van der Waals surface area contributed by atoms with E-state index in [2.05, 4.69) is 11.8 Å². The summed E-state index contributed by atoms with van der Waals surface area (Å²) in [5.74, 6) is 0.548. The lowest BCUT2D eigenvalue weighted by molar-refractivity contribution is -0.384. The Labute approximate surface area is 114 Å². The van der Waals surface area contributed by atoms with Gasteiger partial charge in [0.05, 0.1) is 23.8 Å². The van der Waals surface area contributed by atoms with Crippen LogP contribution in [0.5, 0.6) is 5.75 Å². The van der Waals surface area contributed by atoms with Crippen LogP contribution in [0.4, 0.5) is 11.4 Å². The van der Waals surface area contributed by atoms with Crippen LogP contribution < -0.4 is 9.64 Å². The molecule has 19 heavy (non-hydrogen) atoms. The molecule has 106 valence electrons. The van der Waals surface area contributed by atoms with Crippen molar-refractivity contribution in [3.8, 4) is 5.75 Å². The molecule has 5 heteroatoms. The van der Waals surface area contributed by atoms with Crippen molar-refractivity contribution >= 4 is 11.4 Å². The molecule has 1 rings (SSSR count). The molecule has 0 aliphatic heterocycles. The van der Waals surface area contributed by atoms with Crippen molar-refractivity contribution < 1.29 is 9.66 Å². The number of nitro groups is 1. The molecule has 5 nitrogen and oxygen atoms in total. The molecule has 0 aliphatic rings. The van der Waals surface area contributed by atoms with Gasteiger partial charge in [-0.15, -0.1) is 0 Å². The second kappa shape index (κ2) is 7.61. The maximum atomic E-state index is 10.7. The van der Waals surface area contributed by atoms with E-state index in [0.29, 0.717) is 5.75 Å². The minimum atomic E-state index is -0.409. The first kappa shape index (κ1) is 15.3. The van der Waals surface area contributed by atoms with E-state index in [9.17, 15) is 10.1 Å². The lowest BCUT2D eigenvalue weighted by atomic mass is 10.2. The van der Waals surface area contributed by atoms with Crippen LogP contribution in [0.2, 0.25) is 0 Å². The molecule has 0 radical (unpaired) electrons. The summed E-state index contributed by atoms with van der Waals surface area (Å²) in [7, 11) is 3.52. The smallest absolute Gasteiger partial charge is 0.273 e. The summed E-state index contributed by atoms with van der Waals surface area (Å²) in [5.41, 5.74) is 0.949. The lowest BCUT2D eigenvalue weighted by Crippen LogP contribution is -2.19. The normalized spacial score (nSPS) is 10.3. The number of nitro benzene ring substituents is 1. The highest BCUT2D eigenvalue weighted by Gasteiger charge is 2.13. The largest absolute Gasteiger partial charge is 0.494 e. The minimum absolute atomic E-state index is 0.0555. The van der Waals surface area contributed by atoms with Gasteiger partial charge >= 0.3 is 0 Å². The number of ether oxygens (including phenoxy) is 1. The maximum absolute atomic E-state index is 10.7. The highest BCUT2D eigenvalue weighted by Crippen LogP contribution is 2.31. The summed E-state index contributed by atoms with van der Waals surface area (Å²) in [6, 6.07) is 4.73. The van der Waals surface area contributed by atoms with Crippen molar-refractivity contribution in [1.82, 2.24) is 0 Å². The molecule has 0 spiro atoms. The molecule has 0 saturated carbocycles. The zero-order chi connectivity index (χ0) is 14.3. The van der Waals surface area contributed by atoms with E-state index in [4.69, 9.17) is 4.74 Å². The molecule has 0 unspecified atom stereocenters. The molecule has 0 saturated heterocycles. The number of non-ortho nitro benzene ring substituents is 1. The fourth-order valence-electron chi connectivity index (χ4n) is 1.99. The number of methoxy groups -OCH3 is 1. The molecule has 0 aromatic heterocycles. The van der Waals surface area contributed by atoms with Crippen molar-refractivity contribution in [2.24, 2.45) is 0 Å². The van der Waals surface area contributed by atoms with Gasteiger partial charge in [-0.25, -0.2) is 0 Å². The fraction of sp³-hybridized carbons (Fsp3) is 0.571. The van der Waals surface area contributed by atoms with Gasteiger partial charge in [0.25, 0.3) is 5.69 Å². The third-order valence-corrected chi connectivity index (χ3v) is 3.13. The first-order valence-corrected chi connectivity index (χ1v) is 6.63. The van der Waals surface area contributed by atoms with E-state index in [1.807, 2.05) is 7.05 Å². The first-order chi connectivity index (χ1) is 9.10. The second-order valence-corrected chi connectivity index (χ2v) is 4.60. The Morgan fingerprint density at radius 3 is 2.63 bits per heavy atom. The van der Waals surface area contributed by atoms with Crippen molar-refractivity contribution in [1.29, 1.82) is 0 Å². The van der Waals surface area contributed by atoms with Gasteiger partial charge in [-0.1, -0.05) is 26.2 Å². The number of hydrogen-bond donors (Lipinski definition) is 0. The summed E-state index contributed by atoms with van der Waals surface area (Å²) >= 11 is 0. The third kappa shape index (κ3) is 4.43. The maximum Gasteiger partial charge on any atom is 0.273 e. The molecule has 0 fully saturated rings. The Hall–Kier alpha value is -1.78. The van der Waals surface area contributed by atoms with Crippen molar-refractivity contribution in [3.63, 3.8) is 0 Å². The molecule has 0 N–H and O–H groups in total. The van der Waals surface area contributed by atoms with Crippen LogP contribution in [0, 0.1) is 10.1 Å². The lowest BCUT2D eigenvalue weighted by Gasteiger charge is -2.21. The van der Waals surface area contributed by atoms with Gasteiger partial charge in [-0.2, -0.15) is 0 Å². The monoisotopic (exact) mass is 266 g/mol. The molecule has 0 heterocycles. The highest BCUT2D eigenvalue weighted by atomic mass is 16.6. The number of hydrogen-bond acceptors (Lipinski definition) is 4. The van der Waals surface area contributed by atoms with Gasteiger partial charge in [0, 0.05) is 19.7 Å².